The van der Waals surface area contributed by atoms with Crippen LogP contribution in [-0.2, 0) is 31.9 Å². The molecule has 2 aliphatic carbocycles. The second-order valence-corrected chi connectivity index (χ2v) is 13.4. The van der Waals surface area contributed by atoms with Crippen molar-refractivity contribution in [1.29, 1.82) is 0 Å². The number of benzene rings is 2. The second-order valence-electron chi connectivity index (χ2n) is 13.4. The lowest BCUT2D eigenvalue weighted by molar-refractivity contribution is -0.200. The molecule has 2 fully saturated rings. The van der Waals surface area contributed by atoms with Gasteiger partial charge in [-0.2, -0.15) is 0 Å². The van der Waals surface area contributed by atoms with Gasteiger partial charge in [0.25, 0.3) is 0 Å². The van der Waals surface area contributed by atoms with Gasteiger partial charge in [-0.25, -0.2) is 0 Å². The summed E-state index contributed by atoms with van der Waals surface area (Å²) in [5, 5.41) is 0. The van der Waals surface area contributed by atoms with Gasteiger partial charge in [-0.1, -0.05) is 107 Å². The quantitative estimate of drug-likeness (QED) is 0.219. The van der Waals surface area contributed by atoms with Gasteiger partial charge in [0.15, 0.2) is 0 Å². The minimum Gasteiger partial charge on any atom is -0.466 e. The zero-order valence-electron chi connectivity index (χ0n) is 27.5. The highest BCUT2D eigenvalue weighted by Crippen LogP contribution is 2.62. The van der Waals surface area contributed by atoms with Gasteiger partial charge < -0.3 is 9.47 Å². The van der Waals surface area contributed by atoms with E-state index in [2.05, 4.69) is 69.3 Å². The van der Waals surface area contributed by atoms with Gasteiger partial charge in [0.05, 0.1) is 24.0 Å². The number of carbonyl (C=O) groups excluding carboxylic acids is 2. The maximum Gasteiger partial charge on any atom is 0.313 e. The smallest absolute Gasteiger partial charge is 0.313 e. The highest BCUT2D eigenvalue weighted by molar-refractivity contribution is 5.90. The molecule has 2 saturated carbocycles. The van der Waals surface area contributed by atoms with Crippen LogP contribution in [0, 0.1) is 41.4 Å². The van der Waals surface area contributed by atoms with Crippen LogP contribution in [0.3, 0.4) is 0 Å². The molecule has 0 N–H and O–H groups in total. The van der Waals surface area contributed by atoms with Crippen LogP contribution in [0.5, 0.6) is 0 Å². The molecule has 236 valence electrons. The van der Waals surface area contributed by atoms with Gasteiger partial charge in [-0.05, 0) is 99.7 Å². The van der Waals surface area contributed by atoms with Crippen LogP contribution in [0.25, 0.3) is 0 Å². The summed E-state index contributed by atoms with van der Waals surface area (Å²) < 4.78 is 12.4. The van der Waals surface area contributed by atoms with Crippen molar-refractivity contribution >= 4 is 11.9 Å². The van der Waals surface area contributed by atoms with Gasteiger partial charge in [-0.15, -0.1) is 0 Å². The highest BCUT2D eigenvalue weighted by Gasteiger charge is 2.68. The SMILES string of the molecule is CCOC(=O)C(Cc1ccccc1)(C1CCC(CC)CC1)C(Cc1ccccc1C)(C(=O)OCC)C1CCC(CC)CC1. The van der Waals surface area contributed by atoms with E-state index in [1.54, 1.807) is 0 Å². The fourth-order valence-corrected chi connectivity index (χ4v) is 8.85. The molecule has 0 aliphatic heterocycles. The largest absolute Gasteiger partial charge is 0.466 e. The monoisotopic (exact) mass is 588 g/mol. The topological polar surface area (TPSA) is 52.6 Å². The van der Waals surface area contributed by atoms with E-state index in [9.17, 15) is 0 Å². The summed E-state index contributed by atoms with van der Waals surface area (Å²) in [6.07, 6.45) is 11.4. The first kappa shape index (κ1) is 33.3. The van der Waals surface area contributed by atoms with Gasteiger partial charge in [0.2, 0.25) is 0 Å². The Labute approximate surface area is 261 Å². The molecule has 0 saturated heterocycles. The van der Waals surface area contributed by atoms with Crippen molar-refractivity contribution in [3.63, 3.8) is 0 Å². The zero-order valence-corrected chi connectivity index (χ0v) is 27.5. The highest BCUT2D eigenvalue weighted by atomic mass is 16.5. The van der Waals surface area contributed by atoms with E-state index < -0.39 is 10.8 Å². The van der Waals surface area contributed by atoms with Crippen molar-refractivity contribution in [3.8, 4) is 0 Å². The molecular formula is C39H56O4. The van der Waals surface area contributed by atoms with Gasteiger partial charge in [0, 0.05) is 0 Å². The summed E-state index contributed by atoms with van der Waals surface area (Å²) in [5.41, 5.74) is 1.30. The summed E-state index contributed by atoms with van der Waals surface area (Å²) >= 11 is 0. The van der Waals surface area contributed by atoms with E-state index in [4.69, 9.17) is 9.47 Å². The lowest BCUT2D eigenvalue weighted by Crippen LogP contribution is -2.64. The number of hydrogen-bond donors (Lipinski definition) is 0. The van der Waals surface area contributed by atoms with Gasteiger partial charge in [0.1, 0.15) is 0 Å². The second kappa shape index (κ2) is 15.4. The standard InChI is InChI=1S/C39H56O4/c1-6-30-19-23-34(24-20-30)38(36(40)42-8-3,27-32-16-11-10-12-17-32)39(37(41)43-9-4,28-33-18-14-13-15-29(33)5)35-25-21-31(7-2)22-26-35/h10-18,30-31,34-35H,6-9,19-28H2,1-5H3. The molecule has 2 aromatic rings. The summed E-state index contributed by atoms with van der Waals surface area (Å²) in [5.74, 6) is 1.01. The maximum atomic E-state index is 15.1. The third-order valence-electron chi connectivity index (χ3n) is 11.4. The Morgan fingerprint density at radius 3 is 1.51 bits per heavy atom. The van der Waals surface area contributed by atoms with E-state index in [0.717, 1.165) is 80.9 Å². The Hall–Kier alpha value is -2.62. The van der Waals surface area contributed by atoms with Crippen LogP contribution in [0.4, 0.5) is 0 Å². The fourth-order valence-electron chi connectivity index (χ4n) is 8.85. The van der Waals surface area contributed by atoms with Crippen molar-refractivity contribution in [2.45, 2.75) is 112 Å². The zero-order chi connectivity index (χ0) is 30.9. The molecule has 0 radical (unpaired) electrons. The molecule has 0 spiro atoms. The number of rotatable bonds is 13. The molecule has 0 heterocycles. The molecular weight excluding hydrogens is 532 g/mol. The normalized spacial score (nSPS) is 25.2. The summed E-state index contributed by atoms with van der Waals surface area (Å²) in [4.78, 5) is 30.2. The first-order chi connectivity index (χ1) is 20.9. The lowest BCUT2D eigenvalue weighted by Gasteiger charge is -2.57. The molecule has 2 unspecified atom stereocenters. The molecule has 4 nitrogen and oxygen atoms in total. The third kappa shape index (κ3) is 6.89. The van der Waals surface area contributed by atoms with Crippen LogP contribution in [0.15, 0.2) is 54.6 Å². The first-order valence-electron chi connectivity index (χ1n) is 17.3. The van der Waals surface area contributed by atoms with Crippen molar-refractivity contribution in [2.24, 2.45) is 34.5 Å². The Morgan fingerprint density at radius 2 is 1.07 bits per heavy atom. The maximum absolute atomic E-state index is 15.1. The third-order valence-corrected chi connectivity index (χ3v) is 11.4. The summed E-state index contributed by atoms with van der Waals surface area (Å²) in [6, 6.07) is 18.8. The Balaban J connectivity index is 2.04. The predicted octanol–water partition coefficient (Wildman–Crippen LogP) is 9.31. The lowest BCUT2D eigenvalue weighted by atomic mass is 9.45. The van der Waals surface area contributed by atoms with Gasteiger partial charge >= 0.3 is 11.9 Å². The molecule has 2 aliphatic rings. The van der Waals surface area contributed by atoms with Crippen LogP contribution in [0.1, 0.15) is 109 Å². The van der Waals surface area contributed by atoms with Crippen molar-refractivity contribution < 1.29 is 19.1 Å². The van der Waals surface area contributed by atoms with Crippen LogP contribution >= 0.6 is 0 Å². The number of carbonyl (C=O) groups is 2. The molecule has 0 amide bonds. The van der Waals surface area contributed by atoms with Crippen molar-refractivity contribution in [3.05, 3.63) is 71.3 Å². The average Bonchev–Trinajstić information content (AvgIpc) is 3.04. The van der Waals surface area contributed by atoms with Crippen molar-refractivity contribution in [2.75, 3.05) is 13.2 Å². The summed E-state index contributed by atoms with van der Waals surface area (Å²) in [7, 11) is 0. The molecule has 2 atom stereocenters. The minimum absolute atomic E-state index is 0.0333. The number of aryl methyl sites for hydroxylation is 1. The molecule has 2 aromatic carbocycles. The number of ether oxygens (including phenoxy) is 2. The molecule has 4 heteroatoms. The number of hydrogen-bond acceptors (Lipinski definition) is 4. The fraction of sp³-hybridized carbons (Fsp3) is 0.641. The van der Waals surface area contributed by atoms with E-state index in [1.807, 2.05) is 19.9 Å². The van der Waals surface area contributed by atoms with E-state index in [-0.39, 0.29) is 23.8 Å². The van der Waals surface area contributed by atoms with Crippen LogP contribution < -0.4 is 0 Å². The van der Waals surface area contributed by atoms with Crippen molar-refractivity contribution in [1.82, 2.24) is 0 Å². The van der Waals surface area contributed by atoms with Crippen LogP contribution in [-0.4, -0.2) is 25.2 Å². The predicted molar refractivity (Wildman–Crippen MR) is 175 cm³/mol. The molecule has 43 heavy (non-hydrogen) atoms. The van der Waals surface area contributed by atoms with Gasteiger partial charge in [-0.3, -0.25) is 9.59 Å². The molecule has 0 bridgehead atoms. The average molecular weight is 589 g/mol. The number of esters is 2. The Morgan fingerprint density at radius 1 is 0.628 bits per heavy atom. The van der Waals surface area contributed by atoms with E-state index >= 15 is 9.59 Å². The first-order valence-corrected chi connectivity index (χ1v) is 17.3. The molecule has 4 rings (SSSR count). The molecule has 0 aromatic heterocycles. The van der Waals surface area contributed by atoms with Crippen LogP contribution in [0.2, 0.25) is 0 Å². The Kier molecular flexibility index (Phi) is 11.9. The Bertz CT molecular complexity index is 1160. The summed E-state index contributed by atoms with van der Waals surface area (Å²) in [6.45, 7) is 11.1. The van der Waals surface area contributed by atoms with E-state index in [0.29, 0.717) is 37.9 Å². The van der Waals surface area contributed by atoms with E-state index in [1.165, 1.54) is 0 Å². The minimum atomic E-state index is -1.04.